The van der Waals surface area contributed by atoms with Crippen LogP contribution < -0.4 is 19.5 Å². The minimum Gasteiger partial charge on any atom is -0.493 e. The molecule has 7 nitrogen and oxygen atoms in total. The molecule has 0 radical (unpaired) electrons. The number of thioether (sulfide) groups is 1. The molecular weight excluding hydrogens is 392 g/mol. The van der Waals surface area contributed by atoms with Gasteiger partial charge in [-0.1, -0.05) is 6.07 Å². The first-order chi connectivity index (χ1) is 13.9. The van der Waals surface area contributed by atoms with Crippen molar-refractivity contribution < 1.29 is 23.8 Å². The van der Waals surface area contributed by atoms with Gasteiger partial charge >= 0.3 is 0 Å². The fourth-order valence-corrected chi connectivity index (χ4v) is 3.29. The van der Waals surface area contributed by atoms with Crippen molar-refractivity contribution in [2.24, 2.45) is 0 Å². The van der Waals surface area contributed by atoms with Gasteiger partial charge in [-0.15, -0.1) is 0 Å². The van der Waals surface area contributed by atoms with Crippen LogP contribution >= 0.6 is 11.8 Å². The summed E-state index contributed by atoms with van der Waals surface area (Å²) in [4.78, 5) is 26.4. The molecule has 0 aliphatic rings. The Kier molecular flexibility index (Phi) is 8.21. The van der Waals surface area contributed by atoms with Gasteiger partial charge in [-0.05, 0) is 54.1 Å². The molecule has 0 heterocycles. The van der Waals surface area contributed by atoms with Gasteiger partial charge in [-0.2, -0.15) is 0 Å². The Morgan fingerprint density at radius 2 is 1.59 bits per heavy atom. The van der Waals surface area contributed by atoms with E-state index in [-0.39, 0.29) is 17.6 Å². The minimum atomic E-state index is -0.119. The van der Waals surface area contributed by atoms with Crippen molar-refractivity contribution in [3.8, 4) is 17.2 Å². The number of hydrogen-bond donors (Lipinski definition) is 1. The van der Waals surface area contributed by atoms with Crippen LogP contribution in [0.5, 0.6) is 17.2 Å². The molecule has 0 unspecified atom stereocenters. The van der Waals surface area contributed by atoms with E-state index < -0.39 is 0 Å². The molecule has 2 aromatic rings. The lowest BCUT2D eigenvalue weighted by atomic mass is 10.1. The quantitative estimate of drug-likeness (QED) is 0.652. The number of amides is 2. The molecule has 0 spiro atoms. The first-order valence-corrected chi connectivity index (χ1v) is 9.78. The van der Waals surface area contributed by atoms with Crippen LogP contribution in [0.25, 0.3) is 0 Å². The van der Waals surface area contributed by atoms with Gasteiger partial charge in [-0.3, -0.25) is 9.59 Å². The van der Waals surface area contributed by atoms with E-state index >= 15 is 0 Å². The number of anilines is 1. The highest BCUT2D eigenvalue weighted by Crippen LogP contribution is 2.40. The SMILES string of the molecule is COc1ccc(CCC(=O)Nc2ccc(SC(=O)N(C)C)cc2)c(OC)c1OC. The van der Waals surface area contributed by atoms with E-state index in [1.165, 1.54) is 4.90 Å². The van der Waals surface area contributed by atoms with Crippen molar-refractivity contribution in [3.05, 3.63) is 42.0 Å². The molecule has 0 saturated heterocycles. The van der Waals surface area contributed by atoms with Gasteiger partial charge in [0.05, 0.1) is 21.3 Å². The number of carbonyl (C=O) groups is 2. The second-order valence-electron chi connectivity index (χ2n) is 6.33. The highest BCUT2D eigenvalue weighted by Gasteiger charge is 2.16. The van der Waals surface area contributed by atoms with Crippen molar-refractivity contribution in [1.82, 2.24) is 4.90 Å². The van der Waals surface area contributed by atoms with Gasteiger partial charge in [0.15, 0.2) is 11.5 Å². The lowest BCUT2D eigenvalue weighted by Gasteiger charge is -2.15. The Bertz CT molecular complexity index is 853. The summed E-state index contributed by atoms with van der Waals surface area (Å²) in [6, 6.07) is 10.8. The summed E-state index contributed by atoms with van der Waals surface area (Å²) in [5, 5.41) is 2.81. The van der Waals surface area contributed by atoms with Crippen LogP contribution in [-0.4, -0.2) is 51.5 Å². The van der Waals surface area contributed by atoms with E-state index in [0.717, 1.165) is 22.2 Å². The Morgan fingerprint density at radius 3 is 2.14 bits per heavy atom. The largest absolute Gasteiger partial charge is 0.493 e. The maximum atomic E-state index is 12.3. The third-order valence-electron chi connectivity index (χ3n) is 4.12. The van der Waals surface area contributed by atoms with E-state index in [1.54, 1.807) is 65.8 Å². The van der Waals surface area contributed by atoms with E-state index in [0.29, 0.717) is 29.4 Å². The number of carbonyl (C=O) groups excluding carboxylic acids is 2. The van der Waals surface area contributed by atoms with Gasteiger partial charge in [-0.25, -0.2) is 0 Å². The van der Waals surface area contributed by atoms with Crippen molar-refractivity contribution in [2.75, 3.05) is 40.7 Å². The zero-order chi connectivity index (χ0) is 21.4. The van der Waals surface area contributed by atoms with Crippen LogP contribution in [0, 0.1) is 0 Å². The summed E-state index contributed by atoms with van der Waals surface area (Å²) in [5.41, 5.74) is 1.53. The number of aryl methyl sites for hydroxylation is 1. The summed E-state index contributed by atoms with van der Waals surface area (Å²) in [7, 11) is 8.08. The highest BCUT2D eigenvalue weighted by atomic mass is 32.2. The van der Waals surface area contributed by atoms with Crippen LogP contribution in [0.1, 0.15) is 12.0 Å². The number of ether oxygens (including phenoxy) is 3. The number of methoxy groups -OCH3 is 3. The first-order valence-electron chi connectivity index (χ1n) is 8.96. The standard InChI is InChI=1S/C21H26N2O5S/c1-23(2)21(25)29-16-10-8-15(9-11-16)22-18(24)13-7-14-6-12-17(26-3)20(28-5)19(14)27-4/h6,8-12H,7,13H2,1-5H3,(H,22,24). The molecule has 29 heavy (non-hydrogen) atoms. The Balaban J connectivity index is 1.97. The summed E-state index contributed by atoms with van der Waals surface area (Å²) < 4.78 is 16.1. The van der Waals surface area contributed by atoms with Gasteiger partial charge in [0.2, 0.25) is 11.7 Å². The average Bonchev–Trinajstić information content (AvgIpc) is 2.72. The Morgan fingerprint density at radius 1 is 0.931 bits per heavy atom. The molecule has 0 aliphatic heterocycles. The number of nitrogens with one attached hydrogen (secondary N) is 1. The fourth-order valence-electron chi connectivity index (χ4n) is 2.63. The number of hydrogen-bond acceptors (Lipinski definition) is 6. The predicted octanol–water partition coefficient (Wildman–Crippen LogP) is 4.06. The molecule has 156 valence electrons. The monoisotopic (exact) mass is 418 g/mol. The fraction of sp³-hybridized carbons (Fsp3) is 0.333. The summed E-state index contributed by atoms with van der Waals surface area (Å²) >= 11 is 1.14. The molecule has 0 atom stereocenters. The normalized spacial score (nSPS) is 10.2. The Labute approximate surface area is 175 Å². The smallest absolute Gasteiger partial charge is 0.285 e. The summed E-state index contributed by atoms with van der Waals surface area (Å²) in [6.45, 7) is 0. The molecule has 8 heteroatoms. The second kappa shape index (κ2) is 10.6. The third kappa shape index (κ3) is 6.05. The summed E-state index contributed by atoms with van der Waals surface area (Å²) in [5.74, 6) is 1.52. The van der Waals surface area contributed by atoms with Gasteiger partial charge in [0, 0.05) is 31.1 Å². The molecule has 0 saturated carbocycles. The maximum absolute atomic E-state index is 12.3. The summed E-state index contributed by atoms with van der Waals surface area (Å²) in [6.07, 6.45) is 0.766. The second-order valence-corrected chi connectivity index (χ2v) is 7.35. The first kappa shape index (κ1) is 22.4. The lowest BCUT2D eigenvalue weighted by molar-refractivity contribution is -0.116. The van der Waals surface area contributed by atoms with Gasteiger partial charge < -0.3 is 24.4 Å². The highest BCUT2D eigenvalue weighted by molar-refractivity contribution is 8.13. The number of nitrogens with zero attached hydrogens (tertiary/aromatic N) is 1. The van der Waals surface area contributed by atoms with Crippen molar-refractivity contribution in [3.63, 3.8) is 0 Å². The third-order valence-corrected chi connectivity index (χ3v) is 5.16. The number of benzene rings is 2. The van der Waals surface area contributed by atoms with E-state index in [4.69, 9.17) is 14.2 Å². The van der Waals surface area contributed by atoms with Crippen LogP contribution in [-0.2, 0) is 11.2 Å². The molecule has 1 N–H and O–H groups in total. The predicted molar refractivity (Wildman–Crippen MR) is 114 cm³/mol. The molecule has 0 fully saturated rings. The maximum Gasteiger partial charge on any atom is 0.285 e. The van der Waals surface area contributed by atoms with Crippen LogP contribution in [0.15, 0.2) is 41.3 Å². The van der Waals surface area contributed by atoms with Crippen LogP contribution in [0.2, 0.25) is 0 Å². The minimum absolute atomic E-state index is 0.0503. The molecule has 2 rings (SSSR count). The van der Waals surface area contributed by atoms with Crippen LogP contribution in [0.3, 0.4) is 0 Å². The lowest BCUT2D eigenvalue weighted by Crippen LogP contribution is -2.16. The molecule has 2 amide bonds. The van der Waals surface area contributed by atoms with Crippen molar-refractivity contribution >= 4 is 28.6 Å². The topological polar surface area (TPSA) is 77.1 Å². The van der Waals surface area contributed by atoms with E-state index in [2.05, 4.69) is 5.32 Å². The molecule has 0 aromatic heterocycles. The number of rotatable bonds is 8. The molecular formula is C21H26N2O5S. The zero-order valence-electron chi connectivity index (χ0n) is 17.3. The van der Waals surface area contributed by atoms with E-state index in [1.807, 2.05) is 6.07 Å². The van der Waals surface area contributed by atoms with Crippen molar-refractivity contribution in [1.29, 1.82) is 0 Å². The molecule has 0 bridgehead atoms. The van der Waals surface area contributed by atoms with E-state index in [9.17, 15) is 9.59 Å². The van der Waals surface area contributed by atoms with Crippen LogP contribution in [0.4, 0.5) is 10.5 Å². The molecule has 2 aromatic carbocycles. The van der Waals surface area contributed by atoms with Gasteiger partial charge in [0.1, 0.15) is 0 Å². The zero-order valence-corrected chi connectivity index (χ0v) is 18.1. The van der Waals surface area contributed by atoms with Gasteiger partial charge in [0.25, 0.3) is 5.24 Å². The average molecular weight is 419 g/mol. The Hall–Kier alpha value is -2.87. The van der Waals surface area contributed by atoms with Crippen molar-refractivity contribution in [2.45, 2.75) is 17.7 Å². The molecule has 0 aliphatic carbocycles.